The molecule has 0 bridgehead atoms. The minimum absolute atomic E-state index is 0.0525. The fourth-order valence-electron chi connectivity index (χ4n) is 3.32. The summed E-state index contributed by atoms with van der Waals surface area (Å²) < 4.78 is 2.42. The van der Waals surface area contributed by atoms with Crippen LogP contribution in [0.15, 0.2) is 18.2 Å². The predicted molar refractivity (Wildman–Crippen MR) is 89.1 cm³/mol. The Bertz CT molecular complexity index is 581. The Hall–Kier alpha value is -1.44. The number of hydrogen-bond acceptors (Lipinski definition) is 1. The minimum Gasteiger partial charge on any atom is -0.294 e. The van der Waals surface area contributed by atoms with Crippen LogP contribution in [0.3, 0.4) is 0 Å². The van der Waals surface area contributed by atoms with E-state index in [1.165, 1.54) is 29.8 Å². The van der Waals surface area contributed by atoms with Crippen molar-refractivity contribution in [1.82, 2.24) is 0 Å². The van der Waals surface area contributed by atoms with E-state index < -0.39 is 0 Å². The number of rotatable bonds is 6. The van der Waals surface area contributed by atoms with Crippen molar-refractivity contribution in [1.29, 1.82) is 0 Å². The number of carbonyl (C=O) groups is 1. The van der Waals surface area contributed by atoms with Gasteiger partial charge in [-0.05, 0) is 20.3 Å². The SMILES string of the molecule is CCCC[N+]1=C(C)C(C)(C)c2c(C(=O)CCC)cccc21. The molecule has 0 aromatic heterocycles. The first-order valence-electron chi connectivity index (χ1n) is 8.23. The zero-order valence-corrected chi connectivity index (χ0v) is 14.1. The van der Waals surface area contributed by atoms with E-state index in [4.69, 9.17) is 0 Å². The van der Waals surface area contributed by atoms with E-state index in [1.807, 2.05) is 12.1 Å². The molecule has 1 aromatic carbocycles. The van der Waals surface area contributed by atoms with Crippen LogP contribution in [0.5, 0.6) is 0 Å². The van der Waals surface area contributed by atoms with Crippen LogP contribution in [0.1, 0.15) is 76.2 Å². The van der Waals surface area contributed by atoms with Crippen LogP contribution in [0.4, 0.5) is 5.69 Å². The summed E-state index contributed by atoms with van der Waals surface area (Å²) in [5, 5.41) is 0. The molecule has 2 heteroatoms. The fraction of sp³-hybridized carbons (Fsp3) is 0.579. The number of fused-ring (bicyclic) bond motifs is 1. The number of unbranched alkanes of at least 4 members (excludes halogenated alkanes) is 1. The molecular formula is C19H28NO+. The van der Waals surface area contributed by atoms with Crippen LogP contribution < -0.4 is 0 Å². The van der Waals surface area contributed by atoms with Gasteiger partial charge in [0.2, 0.25) is 5.69 Å². The molecule has 0 spiro atoms. The molecule has 2 rings (SSSR count). The lowest BCUT2D eigenvalue weighted by Crippen LogP contribution is -2.28. The summed E-state index contributed by atoms with van der Waals surface area (Å²) in [5.74, 6) is 0.285. The van der Waals surface area contributed by atoms with Crippen molar-refractivity contribution in [3.63, 3.8) is 0 Å². The van der Waals surface area contributed by atoms with Crippen molar-refractivity contribution in [2.75, 3.05) is 6.54 Å². The van der Waals surface area contributed by atoms with Gasteiger partial charge < -0.3 is 0 Å². The Balaban J connectivity index is 2.54. The Kier molecular flexibility index (Phi) is 4.65. The largest absolute Gasteiger partial charge is 0.294 e. The maximum absolute atomic E-state index is 12.5. The number of hydrogen-bond donors (Lipinski definition) is 0. The highest BCUT2D eigenvalue weighted by Crippen LogP contribution is 2.42. The Morgan fingerprint density at radius 2 is 1.90 bits per heavy atom. The molecule has 0 amide bonds. The number of benzene rings is 1. The van der Waals surface area contributed by atoms with E-state index in [0.717, 1.165) is 18.5 Å². The zero-order valence-electron chi connectivity index (χ0n) is 14.1. The normalized spacial score (nSPS) is 16.2. The molecule has 0 N–H and O–H groups in total. The van der Waals surface area contributed by atoms with Crippen LogP contribution in [0.2, 0.25) is 0 Å². The van der Waals surface area contributed by atoms with E-state index in [-0.39, 0.29) is 11.2 Å². The van der Waals surface area contributed by atoms with Gasteiger partial charge in [-0.3, -0.25) is 4.79 Å². The predicted octanol–water partition coefficient (Wildman–Crippen LogP) is 4.87. The lowest BCUT2D eigenvalue weighted by molar-refractivity contribution is -0.439. The minimum atomic E-state index is -0.0525. The van der Waals surface area contributed by atoms with Gasteiger partial charge in [0.15, 0.2) is 11.5 Å². The van der Waals surface area contributed by atoms with Crippen LogP contribution >= 0.6 is 0 Å². The Morgan fingerprint density at radius 1 is 1.19 bits per heavy atom. The quantitative estimate of drug-likeness (QED) is 0.540. The maximum atomic E-state index is 12.5. The van der Waals surface area contributed by atoms with Gasteiger partial charge in [0.1, 0.15) is 6.54 Å². The Labute approximate surface area is 128 Å². The van der Waals surface area contributed by atoms with Crippen molar-refractivity contribution in [2.24, 2.45) is 0 Å². The van der Waals surface area contributed by atoms with Gasteiger partial charge in [-0.1, -0.05) is 32.4 Å². The van der Waals surface area contributed by atoms with Crippen LogP contribution in [-0.4, -0.2) is 22.6 Å². The molecule has 1 heterocycles. The molecule has 1 aromatic rings. The van der Waals surface area contributed by atoms with Crippen molar-refractivity contribution in [3.05, 3.63) is 29.3 Å². The van der Waals surface area contributed by atoms with E-state index >= 15 is 0 Å². The van der Waals surface area contributed by atoms with Crippen LogP contribution in [0.25, 0.3) is 0 Å². The lowest BCUT2D eigenvalue weighted by atomic mass is 9.78. The third-order valence-electron chi connectivity index (χ3n) is 4.78. The Morgan fingerprint density at radius 3 is 2.52 bits per heavy atom. The first-order valence-corrected chi connectivity index (χ1v) is 8.23. The molecule has 0 unspecified atom stereocenters. The average Bonchev–Trinajstić information content (AvgIpc) is 2.65. The third kappa shape index (κ3) is 2.68. The van der Waals surface area contributed by atoms with Gasteiger partial charge in [-0.25, -0.2) is 0 Å². The summed E-state index contributed by atoms with van der Waals surface area (Å²) in [6.45, 7) is 12.0. The second-order valence-corrected chi connectivity index (χ2v) is 6.59. The number of nitrogens with zero attached hydrogens (tertiary/aromatic N) is 1. The van der Waals surface area contributed by atoms with Crippen LogP contribution in [-0.2, 0) is 5.41 Å². The fourth-order valence-corrected chi connectivity index (χ4v) is 3.32. The van der Waals surface area contributed by atoms with E-state index in [2.05, 4.69) is 45.3 Å². The number of ketones is 1. The second-order valence-electron chi connectivity index (χ2n) is 6.59. The van der Waals surface area contributed by atoms with Gasteiger partial charge >= 0.3 is 0 Å². The molecular weight excluding hydrogens is 258 g/mol. The molecule has 0 saturated heterocycles. The van der Waals surface area contributed by atoms with Gasteiger partial charge in [0.05, 0.1) is 11.0 Å². The zero-order chi connectivity index (χ0) is 15.6. The smallest absolute Gasteiger partial charge is 0.210 e. The average molecular weight is 286 g/mol. The van der Waals surface area contributed by atoms with E-state index in [9.17, 15) is 4.79 Å². The van der Waals surface area contributed by atoms with Crippen LogP contribution in [0, 0.1) is 0 Å². The molecule has 0 aliphatic carbocycles. The van der Waals surface area contributed by atoms with Gasteiger partial charge in [-0.2, -0.15) is 4.58 Å². The molecule has 21 heavy (non-hydrogen) atoms. The third-order valence-corrected chi connectivity index (χ3v) is 4.78. The summed E-state index contributed by atoms with van der Waals surface area (Å²) in [5.41, 5.74) is 4.72. The molecule has 2 nitrogen and oxygen atoms in total. The topological polar surface area (TPSA) is 20.1 Å². The molecule has 0 radical (unpaired) electrons. The van der Waals surface area contributed by atoms with E-state index in [0.29, 0.717) is 6.42 Å². The highest BCUT2D eigenvalue weighted by Gasteiger charge is 2.45. The van der Waals surface area contributed by atoms with Gasteiger partial charge in [-0.15, -0.1) is 0 Å². The molecule has 0 atom stereocenters. The second kappa shape index (κ2) is 6.13. The molecule has 1 aliphatic rings. The monoisotopic (exact) mass is 286 g/mol. The first kappa shape index (κ1) is 15.9. The van der Waals surface area contributed by atoms with Gasteiger partial charge in [0, 0.05) is 31.4 Å². The highest BCUT2D eigenvalue weighted by atomic mass is 16.1. The molecule has 114 valence electrons. The van der Waals surface area contributed by atoms with Crippen molar-refractivity contribution >= 4 is 17.2 Å². The molecule has 0 fully saturated rings. The number of carbonyl (C=O) groups excluding carboxylic acids is 1. The maximum Gasteiger partial charge on any atom is 0.210 e. The summed E-state index contributed by atoms with van der Waals surface area (Å²) >= 11 is 0. The standard InChI is InChI=1S/C19H28NO/c1-6-8-13-20-14(3)19(4,5)18-15(17(21)10-7-2)11-9-12-16(18)20/h9,11-12H,6-8,10,13H2,1-5H3/q+1. The lowest BCUT2D eigenvalue weighted by Gasteiger charge is -2.18. The van der Waals surface area contributed by atoms with E-state index in [1.54, 1.807) is 0 Å². The van der Waals surface area contributed by atoms with Crippen molar-refractivity contribution < 1.29 is 9.37 Å². The van der Waals surface area contributed by atoms with Crippen molar-refractivity contribution in [3.8, 4) is 0 Å². The molecule has 1 aliphatic heterocycles. The number of Topliss-reactive ketones (excluding diaryl/α,β-unsaturated/α-hetero) is 1. The summed E-state index contributed by atoms with van der Waals surface area (Å²) in [7, 11) is 0. The summed E-state index contributed by atoms with van der Waals surface area (Å²) in [6.07, 6.45) is 3.92. The van der Waals surface area contributed by atoms with Crippen molar-refractivity contribution in [2.45, 2.75) is 65.7 Å². The highest BCUT2D eigenvalue weighted by molar-refractivity contribution is 6.03. The van der Waals surface area contributed by atoms with Gasteiger partial charge in [0.25, 0.3) is 0 Å². The summed E-state index contributed by atoms with van der Waals surface area (Å²) in [6, 6.07) is 6.22. The molecule has 0 saturated carbocycles. The first-order chi connectivity index (χ1) is 9.95. The summed E-state index contributed by atoms with van der Waals surface area (Å²) in [4.78, 5) is 12.5.